The number of hydrogen-bond acceptors (Lipinski definition) is 5. The quantitative estimate of drug-likeness (QED) is 0.873. The first-order valence-corrected chi connectivity index (χ1v) is 8.65. The first kappa shape index (κ1) is 16.7. The van der Waals surface area contributed by atoms with Gasteiger partial charge in [-0.25, -0.2) is 0 Å². The molecule has 25 heavy (non-hydrogen) atoms. The average Bonchev–Trinajstić information content (AvgIpc) is 3.11. The molecule has 2 saturated heterocycles. The maximum Gasteiger partial charge on any atom is 0.175 e. The molecule has 0 amide bonds. The van der Waals surface area contributed by atoms with E-state index in [0.717, 1.165) is 11.1 Å². The van der Waals surface area contributed by atoms with E-state index in [1.807, 2.05) is 60.7 Å². The summed E-state index contributed by atoms with van der Waals surface area (Å²) in [5.41, 5.74) is 8.55. The molecule has 2 N–H and O–H groups in total. The Morgan fingerprint density at radius 1 is 0.840 bits per heavy atom. The molecule has 2 fully saturated rings. The number of hydrogen-bond donors (Lipinski definition) is 1. The van der Waals surface area contributed by atoms with Crippen molar-refractivity contribution in [2.75, 3.05) is 6.61 Å². The molecule has 2 heterocycles. The van der Waals surface area contributed by atoms with E-state index in [1.165, 1.54) is 0 Å². The van der Waals surface area contributed by atoms with Crippen molar-refractivity contribution in [3.8, 4) is 0 Å². The minimum atomic E-state index is -0.414. The van der Waals surface area contributed by atoms with Crippen LogP contribution in [0.2, 0.25) is 0 Å². The fraction of sp³-hybridized carbons (Fsp3) is 0.400. The van der Waals surface area contributed by atoms with Gasteiger partial charge in [-0.05, 0) is 11.1 Å². The van der Waals surface area contributed by atoms with Crippen LogP contribution in [0.25, 0.3) is 0 Å². The van der Waals surface area contributed by atoms with Crippen LogP contribution in [-0.2, 0) is 32.2 Å². The Morgan fingerprint density at radius 3 is 2.00 bits per heavy atom. The van der Waals surface area contributed by atoms with Crippen LogP contribution >= 0.6 is 0 Å². The lowest BCUT2D eigenvalue weighted by atomic mass is 9.99. The molecule has 5 atom stereocenters. The fourth-order valence-corrected chi connectivity index (χ4v) is 3.34. The zero-order valence-corrected chi connectivity index (χ0v) is 14.0. The zero-order chi connectivity index (χ0) is 17.1. The maximum absolute atomic E-state index is 6.33. The number of nitrogens with two attached hydrogens (primary N) is 1. The highest BCUT2D eigenvalue weighted by Gasteiger charge is 2.50. The molecule has 0 saturated carbocycles. The van der Waals surface area contributed by atoms with Crippen LogP contribution in [0.4, 0.5) is 0 Å². The molecule has 0 aliphatic carbocycles. The van der Waals surface area contributed by atoms with E-state index in [0.29, 0.717) is 19.8 Å². The fourth-order valence-electron chi connectivity index (χ4n) is 3.34. The number of benzene rings is 2. The summed E-state index contributed by atoms with van der Waals surface area (Å²) in [7, 11) is 0. The van der Waals surface area contributed by atoms with E-state index >= 15 is 0 Å². The number of ether oxygens (including phenoxy) is 4. The second kappa shape index (κ2) is 7.64. The summed E-state index contributed by atoms with van der Waals surface area (Å²) in [5.74, 6) is 0. The van der Waals surface area contributed by atoms with Crippen molar-refractivity contribution in [3.05, 3.63) is 71.8 Å². The molecular formula is C20H23NO4. The molecule has 5 nitrogen and oxygen atoms in total. The van der Waals surface area contributed by atoms with Gasteiger partial charge in [0.1, 0.15) is 18.3 Å². The molecule has 0 aromatic heterocycles. The van der Waals surface area contributed by atoms with Crippen LogP contribution in [0.5, 0.6) is 0 Å². The van der Waals surface area contributed by atoms with Gasteiger partial charge in [-0.3, -0.25) is 0 Å². The van der Waals surface area contributed by atoms with E-state index in [4.69, 9.17) is 24.7 Å². The van der Waals surface area contributed by atoms with Crippen molar-refractivity contribution >= 4 is 0 Å². The molecule has 2 aliphatic rings. The average molecular weight is 341 g/mol. The van der Waals surface area contributed by atoms with Crippen LogP contribution in [0, 0.1) is 0 Å². The van der Waals surface area contributed by atoms with E-state index in [9.17, 15) is 0 Å². The third-order valence-electron chi connectivity index (χ3n) is 4.69. The first-order valence-electron chi connectivity index (χ1n) is 8.65. The van der Waals surface area contributed by atoms with Crippen LogP contribution in [0.1, 0.15) is 11.1 Å². The minimum absolute atomic E-state index is 0.144. The molecule has 2 aromatic rings. The van der Waals surface area contributed by atoms with Crippen LogP contribution < -0.4 is 5.73 Å². The molecular weight excluding hydrogens is 318 g/mol. The third kappa shape index (κ3) is 3.76. The van der Waals surface area contributed by atoms with Gasteiger partial charge >= 0.3 is 0 Å². The van der Waals surface area contributed by atoms with Crippen molar-refractivity contribution < 1.29 is 18.9 Å². The lowest BCUT2D eigenvalue weighted by molar-refractivity contribution is -0.211. The van der Waals surface area contributed by atoms with Gasteiger partial charge in [0.2, 0.25) is 0 Å². The molecule has 0 radical (unpaired) electrons. The molecule has 4 rings (SSSR count). The van der Waals surface area contributed by atoms with Gasteiger partial charge in [0.25, 0.3) is 0 Å². The maximum atomic E-state index is 6.33. The van der Waals surface area contributed by atoms with E-state index in [2.05, 4.69) is 0 Å². The summed E-state index contributed by atoms with van der Waals surface area (Å²) in [6.45, 7) is 1.47. The molecule has 1 unspecified atom stereocenters. The summed E-state index contributed by atoms with van der Waals surface area (Å²) in [6, 6.07) is 19.8. The predicted octanol–water partition coefficient (Wildman–Crippen LogP) is 2.24. The lowest BCUT2D eigenvalue weighted by Crippen LogP contribution is -2.59. The molecule has 2 aliphatic heterocycles. The largest absolute Gasteiger partial charge is 0.369 e. The van der Waals surface area contributed by atoms with Crippen molar-refractivity contribution in [3.63, 3.8) is 0 Å². The summed E-state index contributed by atoms with van der Waals surface area (Å²) in [5, 5.41) is 0. The zero-order valence-electron chi connectivity index (χ0n) is 14.0. The van der Waals surface area contributed by atoms with Gasteiger partial charge in [-0.15, -0.1) is 0 Å². The molecule has 0 spiro atoms. The highest BCUT2D eigenvalue weighted by atomic mass is 16.7. The van der Waals surface area contributed by atoms with Crippen molar-refractivity contribution in [1.82, 2.24) is 0 Å². The Kier molecular flexibility index (Phi) is 5.10. The molecule has 132 valence electrons. The molecule has 2 bridgehead atoms. The first-order chi connectivity index (χ1) is 12.3. The summed E-state index contributed by atoms with van der Waals surface area (Å²) in [6.07, 6.45) is -1.08. The standard InChI is InChI=1S/C20H23NO4/c21-17-19(23-12-15-9-5-2-6-10-15)18(16-13-24-20(17)25-16)22-11-14-7-3-1-4-8-14/h1-10,16-20H,11-13,21H2/t16-,17-,18-,19-,20?/m1/s1. The topological polar surface area (TPSA) is 62.9 Å². The van der Waals surface area contributed by atoms with Gasteiger partial charge in [-0.2, -0.15) is 0 Å². The van der Waals surface area contributed by atoms with E-state index in [-0.39, 0.29) is 24.4 Å². The minimum Gasteiger partial charge on any atom is -0.369 e. The summed E-state index contributed by atoms with van der Waals surface area (Å²) in [4.78, 5) is 0. The van der Waals surface area contributed by atoms with Gasteiger partial charge in [0.05, 0.1) is 25.9 Å². The van der Waals surface area contributed by atoms with Crippen molar-refractivity contribution in [1.29, 1.82) is 0 Å². The van der Waals surface area contributed by atoms with Crippen LogP contribution in [0.3, 0.4) is 0 Å². The van der Waals surface area contributed by atoms with Crippen molar-refractivity contribution in [2.24, 2.45) is 5.73 Å². The number of rotatable bonds is 6. The Morgan fingerprint density at radius 2 is 1.40 bits per heavy atom. The molecule has 2 aromatic carbocycles. The Labute approximate surface area is 147 Å². The van der Waals surface area contributed by atoms with Gasteiger partial charge in [-0.1, -0.05) is 60.7 Å². The van der Waals surface area contributed by atoms with Crippen molar-refractivity contribution in [2.45, 2.75) is 43.9 Å². The molecule has 5 heteroatoms. The van der Waals surface area contributed by atoms with Gasteiger partial charge in [0, 0.05) is 0 Å². The highest BCUT2D eigenvalue weighted by Crippen LogP contribution is 2.31. The highest BCUT2D eigenvalue weighted by molar-refractivity contribution is 5.14. The second-order valence-electron chi connectivity index (χ2n) is 6.48. The lowest BCUT2D eigenvalue weighted by Gasteiger charge is -2.39. The SMILES string of the molecule is N[C@H]1C2OC[C@@H](O2)[C@@H](OCc2ccccc2)[C@@H]1OCc1ccccc1. The van der Waals surface area contributed by atoms with Gasteiger partial charge < -0.3 is 24.7 Å². The third-order valence-corrected chi connectivity index (χ3v) is 4.69. The normalized spacial score (nSPS) is 31.2. The monoisotopic (exact) mass is 341 g/mol. The Bertz CT molecular complexity index is 622. The van der Waals surface area contributed by atoms with E-state index in [1.54, 1.807) is 0 Å². The van der Waals surface area contributed by atoms with Crippen LogP contribution in [-0.4, -0.2) is 37.3 Å². The Balaban J connectivity index is 1.45. The Hall–Kier alpha value is -1.76. The summed E-state index contributed by atoms with van der Waals surface area (Å²) < 4.78 is 23.8. The second-order valence-corrected chi connectivity index (χ2v) is 6.48. The van der Waals surface area contributed by atoms with Gasteiger partial charge in [0.15, 0.2) is 6.29 Å². The van der Waals surface area contributed by atoms with E-state index < -0.39 is 6.29 Å². The van der Waals surface area contributed by atoms with Crippen LogP contribution in [0.15, 0.2) is 60.7 Å². The smallest absolute Gasteiger partial charge is 0.175 e. The predicted molar refractivity (Wildman–Crippen MR) is 92.6 cm³/mol. The number of fused-ring (bicyclic) bond motifs is 2. The summed E-state index contributed by atoms with van der Waals surface area (Å²) >= 11 is 0.